The molecule has 1 heterocycles. The normalized spacial score (nSPS) is 10.7. The number of aryl methyl sites for hydroxylation is 1. The van der Waals surface area contributed by atoms with E-state index in [1.54, 1.807) is 12.1 Å². The Bertz CT molecular complexity index is 717. The van der Waals surface area contributed by atoms with Gasteiger partial charge < -0.3 is 5.11 Å². The van der Waals surface area contributed by atoms with E-state index in [0.29, 0.717) is 11.3 Å². The summed E-state index contributed by atoms with van der Waals surface area (Å²) in [5.74, 6) is 0.917. The molecule has 0 spiro atoms. The summed E-state index contributed by atoms with van der Waals surface area (Å²) >= 11 is 0. The molecule has 3 rings (SSSR count). The smallest absolute Gasteiger partial charge is 0.364 e. The molecule has 18 heavy (non-hydrogen) atoms. The van der Waals surface area contributed by atoms with Crippen molar-refractivity contribution in [1.82, 2.24) is 0 Å². The average Bonchev–Trinajstić information content (AvgIpc) is 2.39. The highest BCUT2D eigenvalue weighted by atomic mass is 16.3. The van der Waals surface area contributed by atoms with Crippen molar-refractivity contribution in [1.29, 1.82) is 0 Å². The number of benzene rings is 2. The lowest BCUT2D eigenvalue weighted by atomic mass is 10.1. The van der Waals surface area contributed by atoms with Crippen LogP contribution in [0.25, 0.3) is 22.3 Å². The molecule has 88 valence electrons. The van der Waals surface area contributed by atoms with Crippen LogP contribution in [0.3, 0.4) is 0 Å². The van der Waals surface area contributed by atoms with Crippen molar-refractivity contribution in [2.45, 2.75) is 6.92 Å². The number of hydrogen-bond acceptors (Lipinski definition) is 1. The van der Waals surface area contributed by atoms with Gasteiger partial charge in [-0.05, 0) is 30.7 Å². The van der Waals surface area contributed by atoms with Crippen molar-refractivity contribution in [2.24, 2.45) is 0 Å². The third kappa shape index (κ3) is 1.72. The third-order valence-corrected chi connectivity index (χ3v) is 3.05. The van der Waals surface area contributed by atoms with Gasteiger partial charge in [-0.25, -0.2) is 4.42 Å². The monoisotopic (exact) mass is 237 g/mol. The second-order valence-corrected chi connectivity index (χ2v) is 4.31. The topological polar surface area (TPSA) is 31.5 Å². The Hall–Kier alpha value is -2.35. The van der Waals surface area contributed by atoms with Gasteiger partial charge in [0.15, 0.2) is 0 Å². The zero-order chi connectivity index (χ0) is 12.5. The molecular weight excluding hydrogens is 224 g/mol. The molecule has 1 aromatic heterocycles. The lowest BCUT2D eigenvalue weighted by molar-refractivity contribution is 0.474. The molecule has 2 nitrogen and oxygen atoms in total. The van der Waals surface area contributed by atoms with Gasteiger partial charge in [-0.2, -0.15) is 0 Å². The van der Waals surface area contributed by atoms with Gasteiger partial charge in [-0.1, -0.05) is 24.3 Å². The first-order valence-electron chi connectivity index (χ1n) is 5.86. The molecule has 0 fully saturated rings. The highest BCUT2D eigenvalue weighted by Gasteiger charge is 2.19. The van der Waals surface area contributed by atoms with Crippen molar-refractivity contribution in [2.75, 3.05) is 0 Å². The van der Waals surface area contributed by atoms with Crippen LogP contribution in [0.15, 0.2) is 59.0 Å². The predicted molar refractivity (Wildman–Crippen MR) is 72.5 cm³/mol. The fraction of sp³-hybridized carbons (Fsp3) is 0.0625. The van der Waals surface area contributed by atoms with E-state index in [2.05, 4.69) is 0 Å². The summed E-state index contributed by atoms with van der Waals surface area (Å²) in [4.78, 5) is 0. The fourth-order valence-corrected chi connectivity index (χ4v) is 2.12. The highest BCUT2D eigenvalue weighted by Crippen LogP contribution is 2.32. The number of rotatable bonds is 1. The van der Waals surface area contributed by atoms with E-state index in [4.69, 9.17) is 4.42 Å². The molecule has 2 heteroatoms. The van der Waals surface area contributed by atoms with E-state index in [9.17, 15) is 5.11 Å². The van der Waals surface area contributed by atoms with E-state index in [1.165, 1.54) is 0 Å². The van der Waals surface area contributed by atoms with Crippen molar-refractivity contribution in [3.05, 3.63) is 60.2 Å². The second-order valence-electron chi connectivity index (χ2n) is 4.31. The summed E-state index contributed by atoms with van der Waals surface area (Å²) in [6.07, 6.45) is 0. The fourth-order valence-electron chi connectivity index (χ4n) is 2.12. The zero-order valence-corrected chi connectivity index (χ0v) is 10.1. The van der Waals surface area contributed by atoms with E-state index in [1.807, 2.05) is 49.4 Å². The summed E-state index contributed by atoms with van der Waals surface area (Å²) in [5, 5.41) is 11.0. The second kappa shape index (κ2) is 4.15. The first-order chi connectivity index (χ1) is 8.75. The van der Waals surface area contributed by atoms with Crippen LogP contribution in [0.5, 0.6) is 5.75 Å². The number of aromatic hydroxyl groups is 1. The molecule has 2 aromatic carbocycles. The summed E-state index contributed by atoms with van der Waals surface area (Å²) in [6, 6.07) is 17.1. The van der Waals surface area contributed by atoms with Crippen LogP contribution in [-0.2, 0) is 0 Å². The minimum absolute atomic E-state index is 0.232. The molecule has 0 bridgehead atoms. The third-order valence-electron chi connectivity index (χ3n) is 3.05. The van der Waals surface area contributed by atoms with Crippen molar-refractivity contribution in [3.63, 3.8) is 0 Å². The molecular formula is C16H13O2+. The SMILES string of the molecule is Cc1cc(-c2ccccc2O)[o+]c2ccccc12. The molecule has 0 aliphatic rings. The Labute approximate surface area is 105 Å². The van der Waals surface area contributed by atoms with Crippen LogP contribution in [0.1, 0.15) is 5.56 Å². The maximum absolute atomic E-state index is 9.87. The standard InChI is InChI=1S/C16H12O2/c1-11-10-16(13-7-2-4-8-14(13)17)18-15-9-5-3-6-12(11)15/h2-10H,1H3/p+1. The molecule has 0 amide bonds. The summed E-state index contributed by atoms with van der Waals surface area (Å²) < 4.78 is 5.85. The van der Waals surface area contributed by atoms with Gasteiger partial charge in [0.25, 0.3) is 0 Å². The molecule has 0 saturated carbocycles. The van der Waals surface area contributed by atoms with E-state index < -0.39 is 0 Å². The van der Waals surface area contributed by atoms with Gasteiger partial charge in [-0.15, -0.1) is 0 Å². The van der Waals surface area contributed by atoms with Crippen LogP contribution >= 0.6 is 0 Å². The molecule has 0 saturated heterocycles. The largest absolute Gasteiger partial charge is 0.507 e. The lowest BCUT2D eigenvalue weighted by Gasteiger charge is -1.98. The number of phenolic OH excluding ortho intramolecular Hbond substituents is 1. The maximum Gasteiger partial charge on any atom is 0.364 e. The minimum Gasteiger partial charge on any atom is -0.507 e. The Kier molecular flexibility index (Phi) is 2.49. The van der Waals surface area contributed by atoms with E-state index in [0.717, 1.165) is 16.5 Å². The van der Waals surface area contributed by atoms with Crippen LogP contribution in [0.4, 0.5) is 0 Å². The van der Waals surface area contributed by atoms with Crippen LogP contribution < -0.4 is 0 Å². The molecule has 1 N–H and O–H groups in total. The number of phenols is 1. The van der Waals surface area contributed by atoms with Gasteiger partial charge in [0, 0.05) is 12.1 Å². The lowest BCUT2D eigenvalue weighted by Crippen LogP contribution is -1.83. The Morgan fingerprint density at radius 1 is 0.944 bits per heavy atom. The zero-order valence-electron chi connectivity index (χ0n) is 10.1. The van der Waals surface area contributed by atoms with Gasteiger partial charge in [0.2, 0.25) is 0 Å². The molecule has 0 radical (unpaired) electrons. The van der Waals surface area contributed by atoms with E-state index in [-0.39, 0.29) is 5.75 Å². The van der Waals surface area contributed by atoms with Crippen molar-refractivity contribution in [3.8, 4) is 17.1 Å². The average molecular weight is 237 g/mol. The molecule has 0 atom stereocenters. The predicted octanol–water partition coefficient (Wildman–Crippen LogP) is 4.39. The van der Waals surface area contributed by atoms with Crippen molar-refractivity contribution < 1.29 is 9.52 Å². The van der Waals surface area contributed by atoms with Crippen molar-refractivity contribution >= 4 is 11.0 Å². The first-order valence-corrected chi connectivity index (χ1v) is 5.86. The summed E-state index contributed by atoms with van der Waals surface area (Å²) in [6.45, 7) is 2.04. The van der Waals surface area contributed by atoms with Gasteiger partial charge in [0.1, 0.15) is 11.3 Å². The Morgan fingerprint density at radius 2 is 1.67 bits per heavy atom. The van der Waals surface area contributed by atoms with Crippen LogP contribution in [-0.4, -0.2) is 5.11 Å². The van der Waals surface area contributed by atoms with E-state index >= 15 is 0 Å². The number of para-hydroxylation sites is 2. The van der Waals surface area contributed by atoms with Gasteiger partial charge >= 0.3 is 11.3 Å². The summed E-state index contributed by atoms with van der Waals surface area (Å²) in [5.41, 5.74) is 2.68. The Balaban J connectivity index is 2.28. The summed E-state index contributed by atoms with van der Waals surface area (Å²) in [7, 11) is 0. The minimum atomic E-state index is 0.232. The number of fused-ring (bicyclic) bond motifs is 1. The molecule has 3 aromatic rings. The highest BCUT2D eigenvalue weighted by molar-refractivity contribution is 5.83. The molecule has 0 aliphatic heterocycles. The molecule has 0 aliphatic carbocycles. The maximum atomic E-state index is 9.87. The van der Waals surface area contributed by atoms with Gasteiger partial charge in [-0.3, -0.25) is 0 Å². The quantitative estimate of drug-likeness (QED) is 0.636. The number of hydrogen-bond donors (Lipinski definition) is 1. The Morgan fingerprint density at radius 3 is 2.50 bits per heavy atom. The first kappa shape index (κ1) is 10.8. The van der Waals surface area contributed by atoms with Crippen LogP contribution in [0, 0.1) is 6.92 Å². The molecule has 0 unspecified atom stereocenters. The van der Waals surface area contributed by atoms with Gasteiger partial charge in [0.05, 0.1) is 5.39 Å². The van der Waals surface area contributed by atoms with Crippen LogP contribution in [0.2, 0.25) is 0 Å².